The highest BCUT2D eigenvalue weighted by Crippen LogP contribution is 2.27. The van der Waals surface area contributed by atoms with Gasteiger partial charge in [0.15, 0.2) is 5.38 Å². The van der Waals surface area contributed by atoms with E-state index in [0.29, 0.717) is 15.8 Å². The van der Waals surface area contributed by atoms with Gasteiger partial charge in [-0.25, -0.2) is 0 Å². The molecule has 0 saturated heterocycles. The number of hydrogen-bond acceptors (Lipinski definition) is 2. The average Bonchev–Trinajstić information content (AvgIpc) is 2.19. The normalized spacial score (nSPS) is 11.9. The molecule has 1 unspecified atom stereocenters. The number of halogens is 3. The van der Waals surface area contributed by atoms with E-state index in [1.165, 1.54) is 0 Å². The van der Waals surface area contributed by atoms with E-state index in [2.05, 4.69) is 0 Å². The minimum Gasteiger partial charge on any atom is -0.489 e. The zero-order valence-corrected chi connectivity index (χ0v) is 9.27. The van der Waals surface area contributed by atoms with Crippen LogP contribution in [0.15, 0.2) is 18.2 Å². The van der Waals surface area contributed by atoms with Crippen LogP contribution in [0.2, 0.25) is 10.0 Å². The molecule has 0 fully saturated rings. The molecule has 0 aliphatic heterocycles. The lowest BCUT2D eigenvalue weighted by Crippen LogP contribution is -2.09. The fraction of sp³-hybridized carbons (Fsp3) is 0.222. The zero-order valence-electron chi connectivity index (χ0n) is 7.01. The fourth-order valence-corrected chi connectivity index (χ4v) is 1.19. The molecule has 1 aromatic rings. The number of nitrogens with zero attached hydrogens (tertiary/aromatic N) is 1. The van der Waals surface area contributed by atoms with Crippen molar-refractivity contribution in [2.24, 2.45) is 0 Å². The Hall–Kier alpha value is -0.620. The van der Waals surface area contributed by atoms with Gasteiger partial charge in [0.25, 0.3) is 0 Å². The summed E-state index contributed by atoms with van der Waals surface area (Å²) in [5, 5.41) is 8.69. The van der Waals surface area contributed by atoms with Gasteiger partial charge in [-0.05, 0) is 12.1 Å². The summed E-state index contributed by atoms with van der Waals surface area (Å²) in [5.74, 6) is 0.431. The van der Waals surface area contributed by atoms with Crippen LogP contribution >= 0.6 is 34.8 Å². The molecule has 5 heteroatoms. The van der Waals surface area contributed by atoms with Crippen LogP contribution in [-0.2, 0) is 0 Å². The van der Waals surface area contributed by atoms with Gasteiger partial charge in [-0.3, -0.25) is 0 Å². The summed E-state index contributed by atoms with van der Waals surface area (Å²) in [4.78, 5) is 0. The average molecular weight is 251 g/mol. The SMILES string of the molecule is N#CC(Cl)COc1cc(Cl)ccc1Cl. The van der Waals surface area contributed by atoms with Crippen molar-refractivity contribution in [2.75, 3.05) is 6.61 Å². The van der Waals surface area contributed by atoms with Crippen LogP contribution in [0.3, 0.4) is 0 Å². The number of ether oxygens (including phenoxy) is 1. The number of rotatable bonds is 3. The van der Waals surface area contributed by atoms with Crippen molar-refractivity contribution in [1.29, 1.82) is 5.26 Å². The van der Waals surface area contributed by atoms with Crippen molar-refractivity contribution in [3.05, 3.63) is 28.2 Å². The molecular formula is C9H6Cl3NO. The molecule has 0 aromatic heterocycles. The van der Waals surface area contributed by atoms with E-state index in [0.717, 1.165) is 0 Å². The first-order valence-corrected chi connectivity index (χ1v) is 4.94. The molecule has 0 heterocycles. The molecule has 1 rings (SSSR count). The van der Waals surface area contributed by atoms with Gasteiger partial charge in [0, 0.05) is 11.1 Å². The molecule has 0 N–H and O–H groups in total. The van der Waals surface area contributed by atoms with Crippen LogP contribution in [0.1, 0.15) is 0 Å². The standard InChI is InChI=1S/C9H6Cl3NO/c10-6-1-2-8(12)9(3-6)14-5-7(11)4-13/h1-3,7H,5H2. The van der Waals surface area contributed by atoms with Crippen LogP contribution in [0.5, 0.6) is 5.75 Å². The van der Waals surface area contributed by atoms with Gasteiger partial charge in [0.1, 0.15) is 12.4 Å². The Morgan fingerprint density at radius 1 is 1.43 bits per heavy atom. The Bertz CT molecular complexity index is 362. The second-order valence-electron chi connectivity index (χ2n) is 2.48. The van der Waals surface area contributed by atoms with E-state index in [-0.39, 0.29) is 6.61 Å². The lowest BCUT2D eigenvalue weighted by molar-refractivity contribution is 0.329. The molecule has 2 nitrogen and oxygen atoms in total. The molecule has 0 spiro atoms. The molecule has 1 aromatic carbocycles. The molecular weight excluding hydrogens is 244 g/mol. The zero-order chi connectivity index (χ0) is 10.6. The van der Waals surface area contributed by atoms with Crippen molar-refractivity contribution in [2.45, 2.75) is 5.38 Å². The first-order valence-electron chi connectivity index (χ1n) is 3.75. The van der Waals surface area contributed by atoms with Gasteiger partial charge >= 0.3 is 0 Å². The van der Waals surface area contributed by atoms with E-state index >= 15 is 0 Å². The van der Waals surface area contributed by atoms with Gasteiger partial charge in [-0.15, -0.1) is 11.6 Å². The fourth-order valence-electron chi connectivity index (χ4n) is 0.788. The maximum atomic E-state index is 8.42. The highest BCUT2D eigenvalue weighted by molar-refractivity contribution is 6.34. The molecule has 74 valence electrons. The van der Waals surface area contributed by atoms with E-state index in [1.54, 1.807) is 18.2 Å². The van der Waals surface area contributed by atoms with Gasteiger partial charge in [0.05, 0.1) is 11.1 Å². The lowest BCUT2D eigenvalue weighted by Gasteiger charge is -2.07. The maximum absolute atomic E-state index is 8.42. The summed E-state index contributed by atoms with van der Waals surface area (Å²) in [5.41, 5.74) is 0. The number of nitriles is 1. The van der Waals surface area contributed by atoms with Crippen LogP contribution in [-0.4, -0.2) is 12.0 Å². The van der Waals surface area contributed by atoms with Crippen LogP contribution in [0, 0.1) is 11.3 Å². The van der Waals surface area contributed by atoms with E-state index in [1.807, 2.05) is 6.07 Å². The van der Waals surface area contributed by atoms with Gasteiger partial charge in [-0.1, -0.05) is 23.2 Å². The molecule has 0 aliphatic carbocycles. The third kappa shape index (κ3) is 3.26. The second-order valence-corrected chi connectivity index (χ2v) is 3.85. The quantitative estimate of drug-likeness (QED) is 0.769. The monoisotopic (exact) mass is 249 g/mol. The summed E-state index contributed by atoms with van der Waals surface area (Å²) in [6, 6.07) is 6.68. The summed E-state index contributed by atoms with van der Waals surface area (Å²) in [6.07, 6.45) is 0. The van der Waals surface area contributed by atoms with Crippen molar-refractivity contribution >= 4 is 34.8 Å². The number of alkyl halides is 1. The van der Waals surface area contributed by atoms with Crippen LogP contribution in [0.25, 0.3) is 0 Å². The molecule has 0 aliphatic rings. The number of hydrogen-bond donors (Lipinski definition) is 0. The lowest BCUT2D eigenvalue weighted by atomic mass is 10.3. The summed E-state index contributed by atoms with van der Waals surface area (Å²) in [6.45, 7) is 0.0815. The van der Waals surface area contributed by atoms with Crippen LogP contribution in [0.4, 0.5) is 0 Å². The number of benzene rings is 1. The Labute approximate surface area is 96.9 Å². The second kappa shape index (κ2) is 5.31. The maximum Gasteiger partial charge on any atom is 0.154 e. The Balaban J connectivity index is 2.67. The Morgan fingerprint density at radius 2 is 2.14 bits per heavy atom. The van der Waals surface area contributed by atoms with Crippen LogP contribution < -0.4 is 4.74 Å². The van der Waals surface area contributed by atoms with Crippen molar-refractivity contribution in [3.8, 4) is 11.8 Å². The third-order valence-electron chi connectivity index (χ3n) is 1.42. The Kier molecular flexibility index (Phi) is 4.34. The highest BCUT2D eigenvalue weighted by atomic mass is 35.5. The highest BCUT2D eigenvalue weighted by Gasteiger charge is 2.06. The molecule has 0 saturated carbocycles. The van der Waals surface area contributed by atoms with Gasteiger partial charge in [-0.2, -0.15) is 5.26 Å². The molecule has 14 heavy (non-hydrogen) atoms. The van der Waals surface area contributed by atoms with Gasteiger partial charge in [0.2, 0.25) is 0 Å². The van der Waals surface area contributed by atoms with E-state index < -0.39 is 5.38 Å². The van der Waals surface area contributed by atoms with Gasteiger partial charge < -0.3 is 4.74 Å². The molecule has 1 atom stereocenters. The van der Waals surface area contributed by atoms with Crippen molar-refractivity contribution < 1.29 is 4.74 Å². The smallest absolute Gasteiger partial charge is 0.154 e. The minimum atomic E-state index is -0.690. The predicted molar refractivity (Wildman–Crippen MR) is 57.2 cm³/mol. The largest absolute Gasteiger partial charge is 0.489 e. The first-order chi connectivity index (χ1) is 6.63. The Morgan fingerprint density at radius 3 is 2.79 bits per heavy atom. The molecule has 0 bridgehead atoms. The first kappa shape index (κ1) is 11.5. The van der Waals surface area contributed by atoms with E-state index in [9.17, 15) is 0 Å². The summed E-state index contributed by atoms with van der Waals surface area (Å²) in [7, 11) is 0. The van der Waals surface area contributed by atoms with Crippen molar-refractivity contribution in [3.63, 3.8) is 0 Å². The summed E-state index contributed by atoms with van der Waals surface area (Å²) < 4.78 is 5.20. The van der Waals surface area contributed by atoms with Crippen molar-refractivity contribution in [1.82, 2.24) is 0 Å². The predicted octanol–water partition coefficient (Wildman–Crippen LogP) is 3.50. The third-order valence-corrected chi connectivity index (χ3v) is 2.19. The topological polar surface area (TPSA) is 33.0 Å². The minimum absolute atomic E-state index is 0.0815. The molecule has 0 radical (unpaired) electrons. The molecule has 0 amide bonds. The summed E-state index contributed by atoms with van der Waals surface area (Å²) >= 11 is 17.1. The van der Waals surface area contributed by atoms with E-state index in [4.69, 9.17) is 44.8 Å².